The Kier molecular flexibility index (Phi) is 2.50. The molecule has 2 heterocycles. The monoisotopic (exact) mass is 248 g/mol. The van der Waals surface area contributed by atoms with Crippen LogP contribution in [0.1, 0.15) is 18.4 Å². The predicted molar refractivity (Wildman–Crippen MR) is 71.7 cm³/mol. The normalized spacial score (nSPS) is 17.3. The first-order chi connectivity index (χ1) is 8.22. The average Bonchev–Trinajstić information content (AvgIpc) is 3.00. The molecule has 1 aliphatic carbocycles. The van der Waals surface area contributed by atoms with E-state index in [4.69, 9.17) is 0 Å². The number of nitrogens with zero attached hydrogens (tertiary/aromatic N) is 3. The van der Waals surface area contributed by atoms with Gasteiger partial charge in [-0.05, 0) is 37.7 Å². The van der Waals surface area contributed by atoms with Gasteiger partial charge in [-0.3, -0.25) is 0 Å². The summed E-state index contributed by atoms with van der Waals surface area (Å²) in [6.45, 7) is 3.02. The Balaban J connectivity index is 1.79. The first-order valence-electron chi connectivity index (χ1n) is 5.83. The Hall–Kier alpha value is -1.23. The third kappa shape index (κ3) is 1.99. The smallest absolute Gasteiger partial charge is 0.243 e. The Bertz CT molecular complexity index is 544. The number of rotatable bonds is 4. The van der Waals surface area contributed by atoms with Gasteiger partial charge < -0.3 is 5.32 Å². The molecule has 0 radical (unpaired) electrons. The van der Waals surface area contributed by atoms with E-state index in [9.17, 15) is 0 Å². The fraction of sp³-hybridized carbons (Fsp3) is 0.500. The van der Waals surface area contributed by atoms with Crippen molar-refractivity contribution < 1.29 is 0 Å². The van der Waals surface area contributed by atoms with Crippen molar-refractivity contribution in [1.29, 1.82) is 0 Å². The highest BCUT2D eigenvalue weighted by Gasteiger charge is 2.41. The number of nitrogens with one attached hydrogen (secondary N) is 1. The summed E-state index contributed by atoms with van der Waals surface area (Å²) in [5.41, 5.74) is 2.09. The second-order valence-corrected chi connectivity index (χ2v) is 5.91. The molecule has 0 aliphatic heterocycles. The van der Waals surface area contributed by atoms with E-state index in [-0.39, 0.29) is 0 Å². The van der Waals surface area contributed by atoms with Crippen molar-refractivity contribution >= 4 is 23.4 Å². The van der Waals surface area contributed by atoms with Crippen LogP contribution in [0.15, 0.2) is 18.3 Å². The Morgan fingerprint density at radius 3 is 3.00 bits per heavy atom. The van der Waals surface area contributed by atoms with Gasteiger partial charge in [0.05, 0.1) is 0 Å². The van der Waals surface area contributed by atoms with Crippen LogP contribution >= 0.6 is 11.8 Å². The minimum Gasteiger partial charge on any atom is -0.352 e. The number of hydrogen-bond donors (Lipinski definition) is 1. The van der Waals surface area contributed by atoms with E-state index < -0.39 is 0 Å². The number of anilines is 1. The number of aromatic nitrogens is 3. The van der Waals surface area contributed by atoms with Crippen molar-refractivity contribution in [1.82, 2.24) is 14.6 Å². The van der Waals surface area contributed by atoms with Crippen LogP contribution in [-0.4, -0.2) is 32.1 Å². The lowest BCUT2D eigenvalue weighted by molar-refractivity contribution is 0.908. The van der Waals surface area contributed by atoms with Gasteiger partial charge in [-0.1, -0.05) is 6.07 Å². The highest BCUT2D eigenvalue weighted by molar-refractivity contribution is 8.00. The molecular formula is C12H16N4S. The van der Waals surface area contributed by atoms with Crippen molar-refractivity contribution in [3.05, 3.63) is 23.9 Å². The van der Waals surface area contributed by atoms with E-state index in [0.717, 1.165) is 23.7 Å². The van der Waals surface area contributed by atoms with Gasteiger partial charge in [0.1, 0.15) is 0 Å². The molecule has 0 aromatic carbocycles. The van der Waals surface area contributed by atoms with E-state index in [2.05, 4.69) is 34.6 Å². The molecule has 0 saturated heterocycles. The Morgan fingerprint density at radius 2 is 2.35 bits per heavy atom. The maximum Gasteiger partial charge on any atom is 0.243 e. The lowest BCUT2D eigenvalue weighted by atomic mass is 10.3. The average molecular weight is 248 g/mol. The SMILES string of the molecule is CSC1(CNc2nc3c(C)cccn3n2)CC1. The van der Waals surface area contributed by atoms with E-state index in [1.54, 1.807) is 0 Å². The first kappa shape index (κ1) is 10.9. The molecule has 1 saturated carbocycles. The zero-order valence-corrected chi connectivity index (χ0v) is 10.9. The van der Waals surface area contributed by atoms with Crippen LogP contribution in [0.2, 0.25) is 0 Å². The second kappa shape index (κ2) is 3.91. The lowest BCUT2D eigenvalue weighted by Gasteiger charge is -2.10. The zero-order chi connectivity index (χ0) is 11.9. The number of aryl methyl sites for hydroxylation is 1. The third-order valence-corrected chi connectivity index (χ3v) is 4.79. The van der Waals surface area contributed by atoms with E-state index in [1.165, 1.54) is 12.8 Å². The van der Waals surface area contributed by atoms with Crippen molar-refractivity contribution in [2.24, 2.45) is 0 Å². The zero-order valence-electron chi connectivity index (χ0n) is 10.1. The van der Waals surface area contributed by atoms with Crippen molar-refractivity contribution in [3.63, 3.8) is 0 Å². The molecule has 0 amide bonds. The summed E-state index contributed by atoms with van der Waals surface area (Å²) in [5.74, 6) is 0.736. The molecule has 1 aliphatic rings. The first-order valence-corrected chi connectivity index (χ1v) is 7.06. The fourth-order valence-electron chi connectivity index (χ4n) is 1.95. The topological polar surface area (TPSA) is 42.2 Å². The highest BCUT2D eigenvalue weighted by atomic mass is 32.2. The van der Waals surface area contributed by atoms with Crippen molar-refractivity contribution in [2.45, 2.75) is 24.5 Å². The van der Waals surface area contributed by atoms with Gasteiger partial charge >= 0.3 is 0 Å². The summed E-state index contributed by atoms with van der Waals surface area (Å²) in [6, 6.07) is 4.04. The fourth-order valence-corrected chi connectivity index (χ4v) is 2.67. The van der Waals surface area contributed by atoms with Crippen LogP contribution in [0.4, 0.5) is 5.95 Å². The van der Waals surface area contributed by atoms with Crippen LogP contribution in [0, 0.1) is 6.92 Å². The molecule has 0 unspecified atom stereocenters. The molecular weight excluding hydrogens is 232 g/mol. The van der Waals surface area contributed by atoms with Gasteiger partial charge in [0.15, 0.2) is 5.65 Å². The molecule has 90 valence electrons. The van der Waals surface area contributed by atoms with Gasteiger partial charge in [0, 0.05) is 17.5 Å². The molecule has 2 aromatic heterocycles. The van der Waals surface area contributed by atoms with E-state index in [0.29, 0.717) is 4.75 Å². The molecule has 0 bridgehead atoms. The largest absolute Gasteiger partial charge is 0.352 e. The quantitative estimate of drug-likeness (QED) is 0.902. The summed E-state index contributed by atoms with van der Waals surface area (Å²) >= 11 is 1.94. The van der Waals surface area contributed by atoms with Crippen LogP contribution in [0.3, 0.4) is 0 Å². The summed E-state index contributed by atoms with van der Waals surface area (Å²) in [7, 11) is 0. The van der Waals surface area contributed by atoms with E-state index in [1.807, 2.05) is 28.5 Å². The van der Waals surface area contributed by atoms with Gasteiger partial charge in [0.25, 0.3) is 0 Å². The molecule has 1 fully saturated rings. The van der Waals surface area contributed by atoms with Crippen LogP contribution < -0.4 is 5.32 Å². The van der Waals surface area contributed by atoms with Gasteiger partial charge in [0.2, 0.25) is 5.95 Å². The number of pyridine rings is 1. The maximum atomic E-state index is 4.51. The number of fused-ring (bicyclic) bond motifs is 1. The van der Waals surface area contributed by atoms with Crippen LogP contribution in [-0.2, 0) is 0 Å². The molecule has 1 N–H and O–H groups in total. The molecule has 5 heteroatoms. The highest BCUT2D eigenvalue weighted by Crippen LogP contribution is 2.46. The minimum absolute atomic E-state index is 0.437. The number of thioether (sulfide) groups is 1. The standard InChI is InChI=1S/C12H16N4S/c1-9-4-3-7-16-10(9)14-11(15-16)13-8-12(17-2)5-6-12/h3-4,7H,5-6,8H2,1-2H3,(H,13,15). The van der Waals surface area contributed by atoms with Gasteiger partial charge in [-0.15, -0.1) is 5.10 Å². The maximum absolute atomic E-state index is 4.51. The molecule has 3 rings (SSSR count). The Morgan fingerprint density at radius 1 is 1.53 bits per heavy atom. The van der Waals surface area contributed by atoms with Gasteiger partial charge in [-0.2, -0.15) is 16.7 Å². The molecule has 4 nitrogen and oxygen atoms in total. The number of hydrogen-bond acceptors (Lipinski definition) is 4. The van der Waals surface area contributed by atoms with Crippen LogP contribution in [0.25, 0.3) is 5.65 Å². The summed E-state index contributed by atoms with van der Waals surface area (Å²) in [5, 5.41) is 7.77. The van der Waals surface area contributed by atoms with Crippen molar-refractivity contribution in [2.75, 3.05) is 18.1 Å². The third-order valence-electron chi connectivity index (χ3n) is 3.37. The summed E-state index contributed by atoms with van der Waals surface area (Å²) < 4.78 is 2.27. The minimum atomic E-state index is 0.437. The van der Waals surface area contributed by atoms with Crippen molar-refractivity contribution in [3.8, 4) is 0 Å². The lowest BCUT2D eigenvalue weighted by Crippen LogP contribution is -2.18. The molecule has 17 heavy (non-hydrogen) atoms. The Labute approximate surface area is 105 Å². The predicted octanol–water partition coefficient (Wildman–Crippen LogP) is 2.35. The molecule has 2 aromatic rings. The molecule has 0 atom stereocenters. The molecule has 0 spiro atoms. The van der Waals surface area contributed by atoms with E-state index >= 15 is 0 Å². The second-order valence-electron chi connectivity index (χ2n) is 4.64. The summed E-state index contributed by atoms with van der Waals surface area (Å²) in [6.07, 6.45) is 6.71. The summed E-state index contributed by atoms with van der Waals surface area (Å²) in [4.78, 5) is 4.51. The van der Waals surface area contributed by atoms with Crippen LogP contribution in [0.5, 0.6) is 0 Å². The van der Waals surface area contributed by atoms with Gasteiger partial charge in [-0.25, -0.2) is 4.52 Å².